The van der Waals surface area contributed by atoms with Crippen LogP contribution in [-0.4, -0.2) is 36.4 Å². The lowest BCUT2D eigenvalue weighted by Gasteiger charge is -2.09. The Balaban J connectivity index is 1.56. The topological polar surface area (TPSA) is 106 Å². The van der Waals surface area contributed by atoms with Gasteiger partial charge in [-0.1, -0.05) is 37.3 Å². The molecule has 2 aromatic carbocycles. The number of anilines is 1. The normalized spacial score (nSPS) is 11.1. The van der Waals surface area contributed by atoms with E-state index >= 15 is 0 Å². The predicted octanol–water partition coefficient (Wildman–Crippen LogP) is 4.67. The highest BCUT2D eigenvalue weighted by molar-refractivity contribution is 7.15. The molecule has 9 heteroatoms. The Morgan fingerprint density at radius 2 is 1.79 bits per heavy atom. The van der Waals surface area contributed by atoms with Gasteiger partial charge in [0.1, 0.15) is 47.1 Å². The summed E-state index contributed by atoms with van der Waals surface area (Å²) in [6.07, 6.45) is 1.50. The third-order valence-electron chi connectivity index (χ3n) is 4.37. The second-order valence-corrected chi connectivity index (χ2v) is 8.18. The smallest absolute Gasteiger partial charge is 0.268 e. The number of hydrogen-bond acceptors (Lipinski definition) is 8. The Morgan fingerprint density at radius 1 is 1.09 bits per heavy atom. The van der Waals surface area contributed by atoms with E-state index < -0.39 is 5.91 Å². The van der Waals surface area contributed by atoms with E-state index in [0.29, 0.717) is 29.7 Å². The van der Waals surface area contributed by atoms with Gasteiger partial charge in [0.15, 0.2) is 0 Å². The van der Waals surface area contributed by atoms with Crippen molar-refractivity contribution in [3.05, 3.63) is 64.7 Å². The number of benzene rings is 2. The fourth-order valence-electron chi connectivity index (χ4n) is 2.68. The van der Waals surface area contributed by atoms with Gasteiger partial charge < -0.3 is 14.2 Å². The quantitative estimate of drug-likeness (QED) is 0.264. The Morgan fingerprint density at radius 3 is 2.42 bits per heavy atom. The van der Waals surface area contributed by atoms with E-state index in [1.165, 1.54) is 17.4 Å². The molecule has 0 radical (unpaired) electrons. The van der Waals surface area contributed by atoms with Crippen molar-refractivity contribution in [2.24, 2.45) is 0 Å². The summed E-state index contributed by atoms with van der Waals surface area (Å²) in [6, 6.07) is 16.3. The number of nitrogens with zero attached hydrogens (tertiary/aromatic N) is 3. The van der Waals surface area contributed by atoms with Crippen molar-refractivity contribution in [2.45, 2.75) is 19.8 Å². The lowest BCUT2D eigenvalue weighted by Crippen LogP contribution is -2.13. The van der Waals surface area contributed by atoms with Crippen molar-refractivity contribution in [1.29, 1.82) is 5.26 Å². The van der Waals surface area contributed by atoms with E-state index in [9.17, 15) is 10.1 Å². The minimum atomic E-state index is -0.539. The number of amides is 1. The zero-order valence-electron chi connectivity index (χ0n) is 18.6. The summed E-state index contributed by atoms with van der Waals surface area (Å²) in [7, 11) is 1.61. The molecule has 0 saturated heterocycles. The summed E-state index contributed by atoms with van der Waals surface area (Å²) >= 11 is 1.29. The van der Waals surface area contributed by atoms with E-state index in [2.05, 4.69) is 15.5 Å². The molecule has 0 fully saturated rings. The van der Waals surface area contributed by atoms with Crippen LogP contribution in [0.15, 0.2) is 54.1 Å². The van der Waals surface area contributed by atoms with Crippen LogP contribution < -0.4 is 19.5 Å². The third kappa shape index (κ3) is 7.05. The van der Waals surface area contributed by atoms with E-state index in [4.69, 9.17) is 14.2 Å². The summed E-state index contributed by atoms with van der Waals surface area (Å²) in [4.78, 5) is 12.5. The van der Waals surface area contributed by atoms with Crippen molar-refractivity contribution in [2.75, 3.05) is 25.6 Å². The van der Waals surface area contributed by atoms with E-state index in [0.717, 1.165) is 16.5 Å². The molecule has 0 unspecified atom stereocenters. The largest absolute Gasteiger partial charge is 0.497 e. The second-order valence-electron chi connectivity index (χ2n) is 7.17. The minimum absolute atomic E-state index is 0.0451. The fraction of sp³-hybridized carbons (Fsp3) is 0.250. The first-order valence-electron chi connectivity index (χ1n) is 10.2. The molecule has 3 rings (SSSR count). The zero-order chi connectivity index (χ0) is 23.6. The predicted molar refractivity (Wildman–Crippen MR) is 127 cm³/mol. The lowest BCUT2D eigenvalue weighted by molar-refractivity contribution is -0.112. The molecular formula is C24H24N4O4S. The summed E-state index contributed by atoms with van der Waals surface area (Å²) in [5, 5.41) is 21.2. The molecule has 0 atom stereocenters. The van der Waals surface area contributed by atoms with Crippen LogP contribution in [0.2, 0.25) is 0 Å². The second kappa shape index (κ2) is 11.6. The molecule has 0 aliphatic carbocycles. The highest BCUT2D eigenvalue weighted by atomic mass is 32.1. The van der Waals surface area contributed by atoms with Crippen LogP contribution in [-0.2, 0) is 4.79 Å². The van der Waals surface area contributed by atoms with Gasteiger partial charge in [-0.25, -0.2) is 0 Å². The number of aromatic nitrogens is 2. The van der Waals surface area contributed by atoms with Crippen LogP contribution in [0.1, 0.15) is 30.3 Å². The monoisotopic (exact) mass is 464 g/mol. The number of ether oxygens (including phenoxy) is 3. The van der Waals surface area contributed by atoms with Gasteiger partial charge in [0.05, 0.1) is 7.11 Å². The van der Waals surface area contributed by atoms with E-state index in [1.807, 2.05) is 44.2 Å². The SMILES string of the molecule is COc1ccc(OCCOc2cccc(/C=C(/C#N)C(=O)Nc3nnc(C(C)C)s3)c2)cc1. The number of rotatable bonds is 10. The van der Waals surface area contributed by atoms with Crippen molar-refractivity contribution in [1.82, 2.24) is 10.2 Å². The number of nitriles is 1. The Kier molecular flexibility index (Phi) is 8.38. The minimum Gasteiger partial charge on any atom is -0.497 e. The molecule has 1 aromatic heterocycles. The third-order valence-corrected chi connectivity index (χ3v) is 5.51. The Bertz CT molecular complexity index is 1150. The number of methoxy groups -OCH3 is 1. The summed E-state index contributed by atoms with van der Waals surface area (Å²) in [5.41, 5.74) is 0.617. The zero-order valence-corrected chi connectivity index (χ0v) is 19.4. The molecule has 33 heavy (non-hydrogen) atoms. The van der Waals surface area contributed by atoms with Crippen molar-refractivity contribution >= 4 is 28.5 Å². The molecule has 0 saturated carbocycles. The molecule has 1 heterocycles. The Labute approximate surface area is 196 Å². The molecule has 1 N–H and O–H groups in total. The maximum absolute atomic E-state index is 12.5. The average molecular weight is 465 g/mol. The Hall–Kier alpha value is -3.90. The van der Waals surface area contributed by atoms with Crippen molar-refractivity contribution < 1.29 is 19.0 Å². The van der Waals surface area contributed by atoms with E-state index in [-0.39, 0.29) is 11.5 Å². The molecule has 0 spiro atoms. The number of nitrogens with one attached hydrogen (secondary N) is 1. The molecule has 3 aromatic rings. The van der Waals surface area contributed by atoms with Crippen LogP contribution in [0, 0.1) is 11.3 Å². The molecule has 8 nitrogen and oxygen atoms in total. The maximum atomic E-state index is 12.5. The maximum Gasteiger partial charge on any atom is 0.268 e. The van der Waals surface area contributed by atoms with Gasteiger partial charge in [0.2, 0.25) is 5.13 Å². The fourth-order valence-corrected chi connectivity index (χ4v) is 3.42. The van der Waals surface area contributed by atoms with Crippen LogP contribution in [0.25, 0.3) is 6.08 Å². The van der Waals surface area contributed by atoms with Gasteiger partial charge in [-0.05, 0) is 48.0 Å². The highest BCUT2D eigenvalue weighted by Gasteiger charge is 2.14. The summed E-state index contributed by atoms with van der Waals surface area (Å²) in [6.45, 7) is 4.68. The molecule has 0 aliphatic rings. The summed E-state index contributed by atoms with van der Waals surface area (Å²) in [5.74, 6) is 1.76. The van der Waals surface area contributed by atoms with Gasteiger partial charge in [-0.2, -0.15) is 5.26 Å². The van der Waals surface area contributed by atoms with Crippen molar-refractivity contribution in [3.8, 4) is 23.3 Å². The molecular weight excluding hydrogens is 440 g/mol. The number of hydrogen-bond donors (Lipinski definition) is 1. The molecule has 0 aliphatic heterocycles. The summed E-state index contributed by atoms with van der Waals surface area (Å²) < 4.78 is 16.5. The van der Waals surface area contributed by atoms with Crippen LogP contribution >= 0.6 is 11.3 Å². The van der Waals surface area contributed by atoms with Crippen LogP contribution in [0.4, 0.5) is 5.13 Å². The lowest BCUT2D eigenvalue weighted by atomic mass is 10.1. The van der Waals surface area contributed by atoms with Gasteiger partial charge >= 0.3 is 0 Å². The molecule has 170 valence electrons. The van der Waals surface area contributed by atoms with E-state index in [1.54, 1.807) is 31.4 Å². The average Bonchev–Trinajstić information content (AvgIpc) is 3.30. The molecule has 1 amide bonds. The standard InChI is InChI=1S/C24H24N4O4S/c1-16(2)23-27-28-24(33-23)26-22(29)18(15-25)13-17-5-4-6-21(14-17)32-12-11-31-20-9-7-19(30-3)8-10-20/h4-10,13-14,16H,11-12H2,1-3H3,(H,26,28,29)/b18-13-. The van der Waals surface area contributed by atoms with Gasteiger partial charge in [-0.3, -0.25) is 10.1 Å². The van der Waals surface area contributed by atoms with Gasteiger partial charge in [-0.15, -0.1) is 10.2 Å². The highest BCUT2D eigenvalue weighted by Crippen LogP contribution is 2.23. The van der Waals surface area contributed by atoms with Crippen LogP contribution in [0.3, 0.4) is 0 Å². The number of carbonyl (C=O) groups is 1. The first-order valence-corrected chi connectivity index (χ1v) is 11.1. The first-order chi connectivity index (χ1) is 16.0. The molecule has 0 bridgehead atoms. The van der Waals surface area contributed by atoms with Gasteiger partial charge in [0.25, 0.3) is 5.91 Å². The number of carbonyl (C=O) groups excluding carboxylic acids is 1. The van der Waals surface area contributed by atoms with Gasteiger partial charge in [0, 0.05) is 5.92 Å². The first kappa shape index (κ1) is 23.8. The van der Waals surface area contributed by atoms with Crippen LogP contribution in [0.5, 0.6) is 17.2 Å². The van der Waals surface area contributed by atoms with Crippen molar-refractivity contribution in [3.63, 3.8) is 0 Å².